The van der Waals surface area contributed by atoms with Gasteiger partial charge in [0.25, 0.3) is 0 Å². The molecule has 0 radical (unpaired) electrons. The highest BCUT2D eigenvalue weighted by molar-refractivity contribution is 6.74. The molecule has 0 spiro atoms. The maximum absolute atomic E-state index is 13.5. The first-order chi connectivity index (χ1) is 17.0. The van der Waals surface area contributed by atoms with Gasteiger partial charge in [0, 0.05) is 11.8 Å². The van der Waals surface area contributed by atoms with Crippen molar-refractivity contribution in [1.82, 2.24) is 14.8 Å². The molecule has 0 bridgehead atoms. The summed E-state index contributed by atoms with van der Waals surface area (Å²) in [5.41, 5.74) is 2.66. The number of nitrogens with one attached hydrogen (secondary N) is 1. The summed E-state index contributed by atoms with van der Waals surface area (Å²) in [5, 5.41) is 12.7. The Bertz CT molecular complexity index is 1210. The molecule has 0 fully saturated rings. The van der Waals surface area contributed by atoms with Gasteiger partial charge >= 0.3 is 0 Å². The molecule has 1 aromatic heterocycles. The van der Waals surface area contributed by atoms with Crippen molar-refractivity contribution in [2.24, 2.45) is 0 Å². The summed E-state index contributed by atoms with van der Waals surface area (Å²) >= 11 is 6.49. The van der Waals surface area contributed by atoms with Gasteiger partial charge in [-0.25, -0.2) is 4.39 Å². The van der Waals surface area contributed by atoms with Crippen LogP contribution in [0.15, 0.2) is 36.4 Å². The van der Waals surface area contributed by atoms with Gasteiger partial charge in [-0.15, -0.1) is 10.2 Å². The van der Waals surface area contributed by atoms with E-state index in [0.29, 0.717) is 49.0 Å². The molecule has 2 aromatic carbocycles. The molecule has 0 saturated heterocycles. The number of nitrogens with zero attached hydrogens (tertiary/aromatic N) is 3. The number of halogens is 2. The summed E-state index contributed by atoms with van der Waals surface area (Å²) in [4.78, 5) is 0. The van der Waals surface area contributed by atoms with E-state index < -0.39 is 8.32 Å². The lowest BCUT2D eigenvalue weighted by Crippen LogP contribution is -2.41. The van der Waals surface area contributed by atoms with Crippen LogP contribution in [0.5, 0.6) is 5.75 Å². The molecule has 0 aliphatic carbocycles. The first-order valence-electron chi connectivity index (χ1n) is 12.1. The largest absolute Gasteiger partial charge is 0.490 e. The van der Waals surface area contributed by atoms with Gasteiger partial charge in [0.15, 0.2) is 14.1 Å². The van der Waals surface area contributed by atoms with Gasteiger partial charge in [-0.2, -0.15) is 0 Å². The molecule has 1 aliphatic rings. The number of hydrogen-bond donors (Lipinski definition) is 1. The molecule has 7 nitrogen and oxygen atoms in total. The Labute approximate surface area is 218 Å². The van der Waals surface area contributed by atoms with E-state index >= 15 is 0 Å². The predicted molar refractivity (Wildman–Crippen MR) is 142 cm³/mol. The van der Waals surface area contributed by atoms with Crippen LogP contribution in [-0.4, -0.2) is 42.9 Å². The minimum Gasteiger partial charge on any atom is -0.490 e. The molecule has 2 heterocycles. The molecule has 4 rings (SSSR count). The average Bonchev–Trinajstić information content (AvgIpc) is 3.22. The minimum atomic E-state index is -1.85. The Morgan fingerprint density at radius 1 is 1.17 bits per heavy atom. The van der Waals surface area contributed by atoms with E-state index in [2.05, 4.69) is 49.4 Å². The zero-order valence-electron chi connectivity index (χ0n) is 21.7. The van der Waals surface area contributed by atoms with E-state index in [-0.39, 0.29) is 16.9 Å². The van der Waals surface area contributed by atoms with Crippen LogP contribution >= 0.6 is 11.6 Å². The van der Waals surface area contributed by atoms with Crippen LogP contribution in [0.1, 0.15) is 43.8 Å². The molecular formula is C26H34ClFN4O3Si. The number of benzene rings is 2. The lowest BCUT2D eigenvalue weighted by molar-refractivity contribution is 0.0670. The van der Waals surface area contributed by atoms with Crippen LogP contribution in [0.25, 0.3) is 0 Å². The topological polar surface area (TPSA) is 70.4 Å². The zero-order valence-corrected chi connectivity index (χ0v) is 23.4. The van der Waals surface area contributed by atoms with E-state index in [1.165, 1.54) is 12.1 Å². The Balaban J connectivity index is 1.51. The lowest BCUT2D eigenvalue weighted by atomic mass is 10.1. The lowest BCUT2D eigenvalue weighted by Gasteiger charge is -2.36. The van der Waals surface area contributed by atoms with Crippen LogP contribution in [-0.2, 0) is 15.8 Å². The number of hydrogen-bond acceptors (Lipinski definition) is 6. The fraction of sp³-hybridized carbons (Fsp3) is 0.462. The summed E-state index contributed by atoms with van der Waals surface area (Å²) in [7, 11) is -1.85. The van der Waals surface area contributed by atoms with Crippen LogP contribution in [0.3, 0.4) is 0 Å². The van der Waals surface area contributed by atoms with Gasteiger partial charge in [0.1, 0.15) is 24.8 Å². The van der Waals surface area contributed by atoms with Gasteiger partial charge in [0.2, 0.25) is 5.95 Å². The number of aromatic nitrogens is 3. The molecule has 1 aliphatic heterocycles. The van der Waals surface area contributed by atoms with Crippen molar-refractivity contribution >= 4 is 31.6 Å². The van der Waals surface area contributed by atoms with Crippen molar-refractivity contribution < 1.29 is 18.3 Å². The number of ether oxygens (including phenoxy) is 2. The molecule has 1 atom stereocenters. The first kappa shape index (κ1) is 26.6. The Morgan fingerprint density at radius 2 is 1.89 bits per heavy atom. The maximum Gasteiger partial charge on any atom is 0.229 e. The summed E-state index contributed by atoms with van der Waals surface area (Å²) in [6, 6.07) is 9.97. The maximum atomic E-state index is 13.5. The highest BCUT2D eigenvalue weighted by Gasteiger charge is 2.37. The molecule has 3 aromatic rings. The van der Waals surface area contributed by atoms with Crippen molar-refractivity contribution in [2.75, 3.05) is 25.1 Å². The zero-order chi connectivity index (χ0) is 26.1. The third-order valence-electron chi connectivity index (χ3n) is 6.98. The van der Waals surface area contributed by atoms with Crippen LogP contribution in [0.2, 0.25) is 23.2 Å². The summed E-state index contributed by atoms with van der Waals surface area (Å²) in [6.07, 6.45) is 0. The van der Waals surface area contributed by atoms with E-state index in [1.807, 2.05) is 23.6 Å². The SMILES string of the molecule is Cc1cc(Cl)c(OCCO[Si](C)(C)C(C)(C)C)cc1Nc1nnc2n1[C@H](c1ccc(F)cc1)COC2. The second-order valence-corrected chi connectivity index (χ2v) is 15.8. The fourth-order valence-corrected chi connectivity index (χ4v) is 5.08. The smallest absolute Gasteiger partial charge is 0.229 e. The van der Waals surface area contributed by atoms with E-state index in [0.717, 1.165) is 16.8 Å². The van der Waals surface area contributed by atoms with Crippen LogP contribution < -0.4 is 10.1 Å². The monoisotopic (exact) mass is 532 g/mol. The highest BCUT2D eigenvalue weighted by Crippen LogP contribution is 2.37. The second kappa shape index (κ2) is 10.5. The summed E-state index contributed by atoms with van der Waals surface area (Å²) in [5.74, 6) is 1.56. The molecule has 0 saturated carbocycles. The van der Waals surface area contributed by atoms with Crippen LogP contribution in [0.4, 0.5) is 16.0 Å². The number of anilines is 2. The third-order valence-corrected chi connectivity index (χ3v) is 11.8. The summed E-state index contributed by atoms with van der Waals surface area (Å²) < 4.78 is 33.4. The van der Waals surface area contributed by atoms with Crippen molar-refractivity contribution in [3.05, 3.63) is 64.2 Å². The van der Waals surface area contributed by atoms with Crippen molar-refractivity contribution in [3.8, 4) is 5.75 Å². The molecule has 1 N–H and O–H groups in total. The van der Waals surface area contributed by atoms with E-state index in [9.17, 15) is 4.39 Å². The van der Waals surface area contributed by atoms with E-state index in [1.54, 1.807) is 12.1 Å². The van der Waals surface area contributed by atoms with E-state index in [4.69, 9.17) is 25.5 Å². The molecule has 0 unspecified atom stereocenters. The minimum absolute atomic E-state index is 0.139. The molecular weight excluding hydrogens is 499 g/mol. The van der Waals surface area contributed by atoms with Crippen molar-refractivity contribution in [2.45, 2.75) is 58.5 Å². The average molecular weight is 533 g/mol. The molecule has 194 valence electrons. The van der Waals surface area contributed by atoms with Gasteiger partial charge in [-0.3, -0.25) is 4.57 Å². The number of fused-ring (bicyclic) bond motifs is 1. The fourth-order valence-electron chi connectivity index (χ4n) is 3.78. The number of aryl methyl sites for hydroxylation is 1. The predicted octanol–water partition coefficient (Wildman–Crippen LogP) is 6.64. The van der Waals surface area contributed by atoms with Gasteiger partial charge in [-0.05, 0) is 54.4 Å². The Kier molecular flexibility index (Phi) is 7.75. The molecule has 10 heteroatoms. The molecule has 0 amide bonds. The van der Waals surface area contributed by atoms with Gasteiger partial charge < -0.3 is 19.2 Å². The first-order valence-corrected chi connectivity index (χ1v) is 15.4. The van der Waals surface area contributed by atoms with Gasteiger partial charge in [0.05, 0.1) is 24.3 Å². The normalized spacial score (nSPS) is 16.1. The Hall–Kier alpha value is -2.46. The Morgan fingerprint density at radius 3 is 2.58 bits per heavy atom. The third kappa shape index (κ3) is 5.75. The number of rotatable bonds is 8. The standard InChI is InChI=1S/C26H34ClFN4O3Si/c1-17-13-20(27)23(34-11-12-35-36(5,6)26(2,3)4)14-21(17)29-25-31-30-24-16-33-15-22(32(24)25)18-7-9-19(28)10-8-18/h7-10,13-14,22H,11-12,15-16H2,1-6H3,(H,29,31)/t22-/m0/s1. The molecule has 36 heavy (non-hydrogen) atoms. The van der Waals surface area contributed by atoms with Crippen molar-refractivity contribution in [3.63, 3.8) is 0 Å². The van der Waals surface area contributed by atoms with Crippen molar-refractivity contribution in [1.29, 1.82) is 0 Å². The summed E-state index contributed by atoms with van der Waals surface area (Å²) in [6.45, 7) is 14.7. The quantitative estimate of drug-likeness (QED) is 0.259. The van der Waals surface area contributed by atoms with Gasteiger partial charge in [-0.1, -0.05) is 44.5 Å². The highest BCUT2D eigenvalue weighted by atomic mass is 35.5. The second-order valence-electron chi connectivity index (χ2n) is 10.6. The van der Waals surface area contributed by atoms with Crippen LogP contribution in [0, 0.1) is 12.7 Å².